The molecule has 1 amide bonds. The van der Waals surface area contributed by atoms with E-state index in [-0.39, 0.29) is 16.6 Å². The molecule has 0 atom stereocenters. The fourth-order valence-corrected chi connectivity index (χ4v) is 2.78. The summed E-state index contributed by atoms with van der Waals surface area (Å²) >= 11 is 5.80. The van der Waals surface area contributed by atoms with Crippen LogP contribution in [-0.4, -0.2) is 17.4 Å². The molecule has 1 fully saturated rings. The first-order chi connectivity index (χ1) is 9.58. The zero-order valence-electron chi connectivity index (χ0n) is 11.1. The van der Waals surface area contributed by atoms with Crippen LogP contribution in [0.3, 0.4) is 0 Å². The van der Waals surface area contributed by atoms with Crippen molar-refractivity contribution in [2.75, 3.05) is 6.54 Å². The molecule has 0 bridgehead atoms. The average Bonchev–Trinajstić information content (AvgIpc) is 2.45. The molecule has 20 heavy (non-hydrogen) atoms. The summed E-state index contributed by atoms with van der Waals surface area (Å²) in [4.78, 5) is 22.1. The van der Waals surface area contributed by atoms with E-state index < -0.39 is 4.92 Å². The molecule has 0 radical (unpaired) electrons. The Morgan fingerprint density at radius 2 is 2.05 bits per heavy atom. The molecule has 108 valence electrons. The van der Waals surface area contributed by atoms with Crippen LogP contribution in [-0.2, 0) is 0 Å². The van der Waals surface area contributed by atoms with Gasteiger partial charge >= 0.3 is 0 Å². The van der Waals surface area contributed by atoms with E-state index in [2.05, 4.69) is 5.32 Å². The zero-order chi connectivity index (χ0) is 14.5. The zero-order valence-corrected chi connectivity index (χ0v) is 11.9. The van der Waals surface area contributed by atoms with Gasteiger partial charge in [-0.15, -0.1) is 0 Å². The highest BCUT2D eigenvalue weighted by Gasteiger charge is 2.17. The third kappa shape index (κ3) is 3.70. The van der Waals surface area contributed by atoms with Gasteiger partial charge in [0.1, 0.15) is 5.02 Å². The Bertz CT molecular complexity index is 513. The topological polar surface area (TPSA) is 72.2 Å². The molecule has 2 rings (SSSR count). The van der Waals surface area contributed by atoms with Gasteiger partial charge in [0.25, 0.3) is 11.6 Å². The maximum atomic E-state index is 12.0. The molecule has 0 aromatic heterocycles. The molecule has 0 aliphatic heterocycles. The fourth-order valence-electron chi connectivity index (χ4n) is 2.53. The van der Waals surface area contributed by atoms with Crippen LogP contribution in [0.4, 0.5) is 5.69 Å². The first-order valence-corrected chi connectivity index (χ1v) is 7.18. The molecule has 6 heteroatoms. The van der Waals surface area contributed by atoms with Gasteiger partial charge in [-0.1, -0.05) is 30.9 Å². The second kappa shape index (κ2) is 6.70. The van der Waals surface area contributed by atoms with Crippen LogP contribution >= 0.6 is 11.6 Å². The van der Waals surface area contributed by atoms with Gasteiger partial charge in [0.15, 0.2) is 0 Å². The van der Waals surface area contributed by atoms with Crippen LogP contribution in [0.2, 0.25) is 5.02 Å². The Morgan fingerprint density at radius 1 is 1.35 bits per heavy atom. The third-order valence-electron chi connectivity index (χ3n) is 3.68. The maximum absolute atomic E-state index is 12.0. The monoisotopic (exact) mass is 296 g/mol. The van der Waals surface area contributed by atoms with Crippen molar-refractivity contribution in [3.8, 4) is 0 Å². The van der Waals surface area contributed by atoms with Gasteiger partial charge in [-0.05, 0) is 30.9 Å². The lowest BCUT2D eigenvalue weighted by Gasteiger charge is -2.21. The quantitative estimate of drug-likeness (QED) is 0.682. The lowest BCUT2D eigenvalue weighted by Crippen LogP contribution is -2.30. The van der Waals surface area contributed by atoms with Crippen molar-refractivity contribution in [2.24, 2.45) is 5.92 Å². The molecule has 0 unspecified atom stereocenters. The van der Waals surface area contributed by atoms with E-state index in [9.17, 15) is 14.9 Å². The van der Waals surface area contributed by atoms with Crippen LogP contribution in [0.15, 0.2) is 18.2 Å². The summed E-state index contributed by atoms with van der Waals surface area (Å²) in [5.41, 5.74) is 0.173. The highest BCUT2D eigenvalue weighted by Crippen LogP contribution is 2.25. The number of nitro groups is 1. The highest BCUT2D eigenvalue weighted by molar-refractivity contribution is 6.33. The van der Waals surface area contributed by atoms with Gasteiger partial charge in [0.2, 0.25) is 0 Å². The van der Waals surface area contributed by atoms with E-state index in [1.54, 1.807) is 0 Å². The first kappa shape index (κ1) is 14.8. The Morgan fingerprint density at radius 3 is 2.65 bits per heavy atom. The molecule has 1 aliphatic rings. The van der Waals surface area contributed by atoms with E-state index >= 15 is 0 Å². The number of nitro benzene ring substituents is 1. The molecular weight excluding hydrogens is 280 g/mol. The smallest absolute Gasteiger partial charge is 0.287 e. The number of carbonyl (C=O) groups excluding carboxylic acids is 1. The van der Waals surface area contributed by atoms with Crippen molar-refractivity contribution in [3.05, 3.63) is 38.9 Å². The normalized spacial score (nSPS) is 15.8. The molecule has 1 aromatic carbocycles. The molecule has 1 saturated carbocycles. The number of hydrogen-bond donors (Lipinski definition) is 1. The van der Waals surface area contributed by atoms with Gasteiger partial charge in [0, 0.05) is 18.2 Å². The summed E-state index contributed by atoms with van der Waals surface area (Å²) in [6.07, 6.45) is 6.04. The van der Waals surface area contributed by atoms with Gasteiger partial charge < -0.3 is 5.32 Å². The highest BCUT2D eigenvalue weighted by atomic mass is 35.5. The van der Waals surface area contributed by atoms with Crippen molar-refractivity contribution >= 4 is 23.2 Å². The Hall–Kier alpha value is -1.62. The summed E-state index contributed by atoms with van der Waals surface area (Å²) in [6, 6.07) is 4.04. The predicted molar refractivity (Wildman–Crippen MR) is 77.0 cm³/mol. The van der Waals surface area contributed by atoms with E-state index in [1.807, 2.05) is 0 Å². The molecule has 5 nitrogen and oxygen atoms in total. The van der Waals surface area contributed by atoms with Crippen LogP contribution in [0, 0.1) is 16.0 Å². The second-order valence-electron chi connectivity index (χ2n) is 5.14. The number of nitrogens with zero attached hydrogens (tertiary/aromatic N) is 1. The van der Waals surface area contributed by atoms with E-state index in [1.165, 1.54) is 37.5 Å². The largest absolute Gasteiger partial charge is 0.352 e. The summed E-state index contributed by atoms with van der Waals surface area (Å²) in [5, 5.41) is 13.5. The Balaban J connectivity index is 1.95. The lowest BCUT2D eigenvalue weighted by atomic mass is 9.89. The second-order valence-corrected chi connectivity index (χ2v) is 5.54. The summed E-state index contributed by atoms with van der Waals surface area (Å²) in [6.45, 7) is 0.660. The minimum Gasteiger partial charge on any atom is -0.352 e. The van der Waals surface area contributed by atoms with Crippen molar-refractivity contribution in [1.29, 1.82) is 0 Å². The van der Waals surface area contributed by atoms with Gasteiger partial charge in [-0.25, -0.2) is 0 Å². The van der Waals surface area contributed by atoms with Gasteiger partial charge in [-0.2, -0.15) is 0 Å². The SMILES string of the molecule is O=C(NCC1CCCCC1)c1ccc([N+](=O)[O-])c(Cl)c1. The van der Waals surface area contributed by atoms with Crippen LogP contribution in [0.25, 0.3) is 0 Å². The number of nitrogens with one attached hydrogen (secondary N) is 1. The average molecular weight is 297 g/mol. The van der Waals surface area contributed by atoms with Gasteiger partial charge in [0.05, 0.1) is 4.92 Å². The number of benzene rings is 1. The van der Waals surface area contributed by atoms with Crippen molar-refractivity contribution < 1.29 is 9.72 Å². The fraction of sp³-hybridized carbons (Fsp3) is 0.500. The van der Waals surface area contributed by atoms with Crippen LogP contribution in [0.1, 0.15) is 42.5 Å². The molecule has 0 heterocycles. The van der Waals surface area contributed by atoms with Crippen molar-refractivity contribution in [3.63, 3.8) is 0 Å². The predicted octanol–water partition coefficient (Wildman–Crippen LogP) is 3.56. The minimum atomic E-state index is -0.563. The van der Waals surface area contributed by atoms with E-state index in [4.69, 9.17) is 11.6 Å². The number of hydrogen-bond acceptors (Lipinski definition) is 3. The van der Waals surface area contributed by atoms with Crippen LogP contribution in [0.5, 0.6) is 0 Å². The summed E-state index contributed by atoms with van der Waals surface area (Å²) in [7, 11) is 0. The molecule has 0 saturated heterocycles. The lowest BCUT2D eigenvalue weighted by molar-refractivity contribution is -0.384. The van der Waals surface area contributed by atoms with Gasteiger partial charge in [-0.3, -0.25) is 14.9 Å². The summed E-state index contributed by atoms with van der Waals surface area (Å²) in [5.74, 6) is 0.314. The Labute approximate surface area is 122 Å². The molecule has 0 spiro atoms. The van der Waals surface area contributed by atoms with E-state index in [0.717, 1.165) is 12.8 Å². The molecule has 1 aliphatic carbocycles. The number of amides is 1. The maximum Gasteiger partial charge on any atom is 0.287 e. The van der Waals surface area contributed by atoms with Crippen molar-refractivity contribution in [1.82, 2.24) is 5.32 Å². The number of carbonyl (C=O) groups is 1. The molecule has 1 N–H and O–H groups in total. The minimum absolute atomic E-state index is 0.0136. The Kier molecular flexibility index (Phi) is 4.95. The number of halogens is 1. The number of rotatable bonds is 4. The van der Waals surface area contributed by atoms with E-state index in [0.29, 0.717) is 18.0 Å². The van der Waals surface area contributed by atoms with Crippen LogP contribution < -0.4 is 5.32 Å². The van der Waals surface area contributed by atoms with Crippen molar-refractivity contribution in [2.45, 2.75) is 32.1 Å². The molecule has 1 aromatic rings. The standard InChI is InChI=1S/C14H17ClN2O3/c15-12-8-11(6-7-13(12)17(19)20)14(18)16-9-10-4-2-1-3-5-10/h6-8,10H,1-5,9H2,(H,16,18). The first-order valence-electron chi connectivity index (χ1n) is 6.80. The third-order valence-corrected chi connectivity index (χ3v) is 3.99. The molecular formula is C14H17ClN2O3. The summed E-state index contributed by atoms with van der Waals surface area (Å²) < 4.78 is 0.